The van der Waals surface area contributed by atoms with E-state index in [0.29, 0.717) is 12.5 Å². The Morgan fingerprint density at radius 1 is 1.25 bits per heavy atom. The third-order valence-electron chi connectivity index (χ3n) is 3.93. The second-order valence-electron chi connectivity index (χ2n) is 5.64. The zero-order chi connectivity index (χ0) is 13.8. The summed E-state index contributed by atoms with van der Waals surface area (Å²) < 4.78 is 17.4. The minimum absolute atomic E-state index is 0.175. The van der Waals surface area contributed by atoms with Gasteiger partial charge in [-0.25, -0.2) is 0 Å². The zero-order valence-electron chi connectivity index (χ0n) is 12.0. The fourth-order valence-corrected chi connectivity index (χ4v) is 2.90. The quantitative estimate of drug-likeness (QED) is 0.913. The van der Waals surface area contributed by atoms with Gasteiger partial charge in [0.1, 0.15) is 5.75 Å². The maximum absolute atomic E-state index is 5.90. The van der Waals surface area contributed by atoms with Crippen LogP contribution in [0.25, 0.3) is 0 Å². The molecule has 1 aromatic rings. The summed E-state index contributed by atoms with van der Waals surface area (Å²) in [6.45, 7) is 6.10. The maximum atomic E-state index is 5.90. The summed E-state index contributed by atoms with van der Waals surface area (Å²) in [6, 6.07) is 8.27. The van der Waals surface area contributed by atoms with Crippen LogP contribution in [0.2, 0.25) is 0 Å². The molecule has 0 aliphatic carbocycles. The van der Waals surface area contributed by atoms with Crippen LogP contribution in [0.3, 0.4) is 0 Å². The van der Waals surface area contributed by atoms with Crippen molar-refractivity contribution >= 4 is 0 Å². The van der Waals surface area contributed by atoms with Gasteiger partial charge in [0.2, 0.25) is 0 Å². The summed E-state index contributed by atoms with van der Waals surface area (Å²) in [6.07, 6.45) is 1.48. The molecule has 1 N–H and O–H groups in total. The van der Waals surface area contributed by atoms with Gasteiger partial charge in [-0.2, -0.15) is 0 Å². The Balaban J connectivity index is 1.49. The van der Waals surface area contributed by atoms with Crippen LogP contribution in [-0.2, 0) is 9.47 Å². The molecule has 20 heavy (non-hydrogen) atoms. The first-order chi connectivity index (χ1) is 9.83. The van der Waals surface area contributed by atoms with Crippen molar-refractivity contribution in [1.29, 1.82) is 0 Å². The molecule has 2 aliphatic rings. The van der Waals surface area contributed by atoms with Crippen molar-refractivity contribution in [1.82, 2.24) is 5.32 Å². The van der Waals surface area contributed by atoms with Crippen LogP contribution in [0.15, 0.2) is 24.3 Å². The normalized spacial score (nSPS) is 29.6. The monoisotopic (exact) mass is 277 g/mol. The third-order valence-corrected chi connectivity index (χ3v) is 3.93. The molecule has 2 aliphatic heterocycles. The van der Waals surface area contributed by atoms with E-state index in [2.05, 4.69) is 24.4 Å². The molecule has 4 nitrogen and oxygen atoms in total. The predicted molar refractivity (Wildman–Crippen MR) is 77.3 cm³/mol. The second kappa shape index (κ2) is 6.57. The van der Waals surface area contributed by atoms with E-state index in [1.807, 2.05) is 12.1 Å². The molecule has 110 valence electrons. The van der Waals surface area contributed by atoms with Crippen LogP contribution in [0.1, 0.15) is 24.8 Å². The van der Waals surface area contributed by atoms with Crippen LogP contribution in [0.4, 0.5) is 0 Å². The van der Waals surface area contributed by atoms with Crippen molar-refractivity contribution in [2.24, 2.45) is 0 Å². The number of hydrogen-bond acceptors (Lipinski definition) is 4. The zero-order valence-corrected chi connectivity index (χ0v) is 12.0. The van der Waals surface area contributed by atoms with Crippen LogP contribution in [-0.4, -0.2) is 45.1 Å². The molecule has 3 atom stereocenters. The van der Waals surface area contributed by atoms with Gasteiger partial charge in [-0.1, -0.05) is 18.2 Å². The van der Waals surface area contributed by atoms with Gasteiger partial charge in [0.15, 0.2) is 0 Å². The van der Waals surface area contributed by atoms with E-state index in [4.69, 9.17) is 14.2 Å². The molecule has 3 rings (SSSR count). The number of para-hydroxylation sites is 1. The number of hydrogen-bond donors (Lipinski definition) is 1. The summed E-state index contributed by atoms with van der Waals surface area (Å²) in [7, 11) is 0. The Kier molecular flexibility index (Phi) is 4.55. The van der Waals surface area contributed by atoms with Crippen molar-refractivity contribution < 1.29 is 14.2 Å². The molecule has 0 amide bonds. The van der Waals surface area contributed by atoms with Crippen LogP contribution in [0.5, 0.6) is 5.75 Å². The Morgan fingerprint density at radius 3 is 3.05 bits per heavy atom. The fraction of sp³-hybridized carbons (Fsp3) is 0.625. The summed E-state index contributed by atoms with van der Waals surface area (Å²) >= 11 is 0. The van der Waals surface area contributed by atoms with Crippen molar-refractivity contribution in [3.05, 3.63) is 29.8 Å². The first kappa shape index (κ1) is 13.9. The van der Waals surface area contributed by atoms with E-state index in [1.54, 1.807) is 0 Å². The van der Waals surface area contributed by atoms with E-state index in [0.717, 1.165) is 38.5 Å². The minimum Gasteiger partial charge on any atom is -0.493 e. The molecule has 1 aromatic carbocycles. The van der Waals surface area contributed by atoms with Crippen molar-refractivity contribution in [2.45, 2.75) is 31.5 Å². The number of benzene rings is 1. The van der Waals surface area contributed by atoms with E-state index in [-0.39, 0.29) is 12.2 Å². The molecule has 1 saturated heterocycles. The van der Waals surface area contributed by atoms with Gasteiger partial charge >= 0.3 is 0 Å². The Morgan fingerprint density at radius 2 is 2.15 bits per heavy atom. The lowest BCUT2D eigenvalue weighted by molar-refractivity contribution is -0.0709. The van der Waals surface area contributed by atoms with Crippen molar-refractivity contribution in [2.75, 3.05) is 32.9 Å². The number of fused-ring (bicyclic) bond motifs is 1. The smallest absolute Gasteiger partial charge is 0.122 e. The highest BCUT2D eigenvalue weighted by molar-refractivity contribution is 5.37. The molecule has 0 radical (unpaired) electrons. The molecule has 2 heterocycles. The van der Waals surface area contributed by atoms with E-state index < -0.39 is 0 Å². The highest BCUT2D eigenvalue weighted by Crippen LogP contribution is 2.33. The standard InChI is InChI=1S/C16H23NO3/c1-12-8-17-9-14(20-12)11-18-10-13-6-7-19-16-5-3-2-4-15(13)16/h2-5,12-14,17H,6-11H2,1H3. The lowest BCUT2D eigenvalue weighted by atomic mass is 9.94. The fourth-order valence-electron chi connectivity index (χ4n) is 2.90. The van der Waals surface area contributed by atoms with Gasteiger partial charge in [-0.3, -0.25) is 0 Å². The lowest BCUT2D eigenvalue weighted by Gasteiger charge is -2.30. The molecular formula is C16H23NO3. The topological polar surface area (TPSA) is 39.7 Å². The van der Waals surface area contributed by atoms with Crippen LogP contribution in [0, 0.1) is 0 Å². The van der Waals surface area contributed by atoms with E-state index >= 15 is 0 Å². The highest BCUT2D eigenvalue weighted by Gasteiger charge is 2.23. The first-order valence-corrected chi connectivity index (χ1v) is 7.48. The van der Waals surface area contributed by atoms with Gasteiger partial charge < -0.3 is 19.5 Å². The third kappa shape index (κ3) is 3.32. The summed E-state index contributed by atoms with van der Waals surface area (Å²) in [5.74, 6) is 1.45. The van der Waals surface area contributed by atoms with Gasteiger partial charge in [0, 0.05) is 19.0 Å². The Labute approximate surface area is 120 Å². The van der Waals surface area contributed by atoms with Gasteiger partial charge in [-0.05, 0) is 25.0 Å². The van der Waals surface area contributed by atoms with E-state index in [9.17, 15) is 0 Å². The Hall–Kier alpha value is -1.10. The summed E-state index contributed by atoms with van der Waals surface area (Å²) in [5.41, 5.74) is 1.27. The van der Waals surface area contributed by atoms with Crippen LogP contribution >= 0.6 is 0 Å². The second-order valence-corrected chi connectivity index (χ2v) is 5.64. The average molecular weight is 277 g/mol. The predicted octanol–water partition coefficient (Wildman–Crippen LogP) is 1.95. The van der Waals surface area contributed by atoms with E-state index in [1.165, 1.54) is 5.56 Å². The summed E-state index contributed by atoms with van der Waals surface area (Å²) in [5, 5.41) is 3.36. The average Bonchev–Trinajstić information content (AvgIpc) is 2.48. The number of ether oxygens (including phenoxy) is 3. The van der Waals surface area contributed by atoms with Crippen LogP contribution < -0.4 is 10.1 Å². The SMILES string of the molecule is CC1CNCC(COCC2CCOc3ccccc32)O1. The maximum Gasteiger partial charge on any atom is 0.122 e. The van der Waals surface area contributed by atoms with Gasteiger partial charge in [-0.15, -0.1) is 0 Å². The number of rotatable bonds is 4. The first-order valence-electron chi connectivity index (χ1n) is 7.48. The van der Waals surface area contributed by atoms with Gasteiger partial charge in [0.05, 0.1) is 32.0 Å². The number of nitrogens with one attached hydrogen (secondary N) is 1. The molecule has 4 heteroatoms. The minimum atomic E-state index is 0.175. The summed E-state index contributed by atoms with van der Waals surface area (Å²) in [4.78, 5) is 0. The molecule has 0 bridgehead atoms. The molecule has 0 spiro atoms. The van der Waals surface area contributed by atoms with Crippen molar-refractivity contribution in [3.8, 4) is 5.75 Å². The molecular weight excluding hydrogens is 254 g/mol. The van der Waals surface area contributed by atoms with Crippen molar-refractivity contribution in [3.63, 3.8) is 0 Å². The Bertz CT molecular complexity index is 437. The highest BCUT2D eigenvalue weighted by atomic mass is 16.5. The molecule has 3 unspecified atom stereocenters. The number of morpholine rings is 1. The molecule has 1 fully saturated rings. The lowest BCUT2D eigenvalue weighted by Crippen LogP contribution is -2.45. The van der Waals surface area contributed by atoms with Gasteiger partial charge in [0.25, 0.3) is 0 Å². The molecule has 0 aromatic heterocycles. The molecule has 0 saturated carbocycles. The largest absolute Gasteiger partial charge is 0.493 e.